The van der Waals surface area contributed by atoms with Gasteiger partial charge in [0.25, 0.3) is 0 Å². The molecule has 1 heterocycles. The standard InChI is InChI=1S/C68H123NO10/c1-4-7-10-13-16-19-22-25-27-28-29-30-31-32-33-34-35-38-41-44-47-50-53-56-63(73)79-66-65(75)64(74)62(57-70)78-68(66)77-58-59(60(71)54-51-48-45-42-39-36-24-21-18-15-12-9-6-3)69-67(76)61(72)55-52-49-46-43-40-37-26-23-20-17-14-11-8-5-2/h16,19-20,23,25,27,29-30,51,54,59-62,64-66,68,70-72,74-75H,4-15,17-18,21-22,24,26,28,31-50,52-53,55-58H2,1-3H3,(H,69,76)/b19-16-,23-20-,27-25-,30-29-,54-51+. The zero-order valence-corrected chi connectivity index (χ0v) is 51.0. The number of hydrogen-bond acceptors (Lipinski definition) is 10. The van der Waals surface area contributed by atoms with Gasteiger partial charge in [0, 0.05) is 6.42 Å². The van der Waals surface area contributed by atoms with Crippen molar-refractivity contribution in [3.05, 3.63) is 60.8 Å². The topological polar surface area (TPSA) is 175 Å². The van der Waals surface area contributed by atoms with Crippen molar-refractivity contribution in [2.75, 3.05) is 13.2 Å². The van der Waals surface area contributed by atoms with Gasteiger partial charge in [0.2, 0.25) is 5.91 Å². The number of amides is 1. The van der Waals surface area contributed by atoms with Gasteiger partial charge in [0.05, 0.1) is 25.4 Å². The summed E-state index contributed by atoms with van der Waals surface area (Å²) >= 11 is 0. The second-order valence-corrected chi connectivity index (χ2v) is 22.8. The molecule has 8 atom stereocenters. The van der Waals surface area contributed by atoms with Crippen LogP contribution in [0, 0.1) is 0 Å². The number of aliphatic hydroxyl groups excluding tert-OH is 5. The molecule has 1 aliphatic rings. The lowest BCUT2D eigenvalue weighted by Crippen LogP contribution is -2.61. The van der Waals surface area contributed by atoms with E-state index in [1.807, 2.05) is 6.08 Å². The van der Waals surface area contributed by atoms with Crippen molar-refractivity contribution < 1.29 is 49.3 Å². The molecule has 0 aliphatic carbocycles. The number of allylic oxidation sites excluding steroid dienone is 9. The lowest BCUT2D eigenvalue weighted by Gasteiger charge is -2.41. The first-order chi connectivity index (χ1) is 38.7. The molecule has 11 heteroatoms. The fraction of sp³-hybridized carbons (Fsp3) is 0.824. The number of aliphatic hydroxyl groups is 5. The summed E-state index contributed by atoms with van der Waals surface area (Å²) in [6.45, 7) is 5.76. The van der Waals surface area contributed by atoms with Crippen LogP contribution in [0.5, 0.6) is 0 Å². The van der Waals surface area contributed by atoms with Crippen molar-refractivity contribution in [3.8, 4) is 0 Å². The van der Waals surface area contributed by atoms with Crippen LogP contribution in [0.2, 0.25) is 0 Å². The number of carbonyl (C=O) groups is 2. The molecule has 0 radical (unpaired) electrons. The number of esters is 1. The molecule has 1 saturated heterocycles. The van der Waals surface area contributed by atoms with Crippen LogP contribution in [0.3, 0.4) is 0 Å². The molecule has 0 spiro atoms. The summed E-state index contributed by atoms with van der Waals surface area (Å²) < 4.78 is 17.7. The normalized spacial score (nSPS) is 19.2. The van der Waals surface area contributed by atoms with Crippen molar-refractivity contribution in [1.82, 2.24) is 5.32 Å². The minimum absolute atomic E-state index is 0.118. The van der Waals surface area contributed by atoms with Crippen molar-refractivity contribution >= 4 is 11.9 Å². The van der Waals surface area contributed by atoms with Gasteiger partial charge in [-0.25, -0.2) is 0 Å². The van der Waals surface area contributed by atoms with E-state index in [1.54, 1.807) is 6.08 Å². The molecule has 0 saturated carbocycles. The van der Waals surface area contributed by atoms with Crippen molar-refractivity contribution in [3.63, 3.8) is 0 Å². The number of unbranched alkanes of at least 4 members (excludes halogenated alkanes) is 34. The summed E-state index contributed by atoms with van der Waals surface area (Å²) in [5.74, 6) is -1.20. The summed E-state index contributed by atoms with van der Waals surface area (Å²) in [5, 5.41) is 57.1. The minimum Gasteiger partial charge on any atom is -0.454 e. The molecule has 0 aromatic rings. The molecule has 0 bridgehead atoms. The van der Waals surface area contributed by atoms with E-state index in [2.05, 4.69) is 74.7 Å². The van der Waals surface area contributed by atoms with Crippen molar-refractivity contribution in [1.29, 1.82) is 0 Å². The highest BCUT2D eigenvalue weighted by Crippen LogP contribution is 2.26. The Balaban J connectivity index is 2.63. The molecule has 11 nitrogen and oxygen atoms in total. The Kier molecular flexibility index (Phi) is 52.6. The third-order valence-corrected chi connectivity index (χ3v) is 15.4. The third kappa shape index (κ3) is 43.7. The molecule has 6 N–H and O–H groups in total. The van der Waals surface area contributed by atoms with Crippen LogP contribution in [0.25, 0.3) is 0 Å². The van der Waals surface area contributed by atoms with E-state index in [4.69, 9.17) is 14.2 Å². The van der Waals surface area contributed by atoms with Crippen LogP contribution in [-0.2, 0) is 23.8 Å². The van der Waals surface area contributed by atoms with E-state index < -0.39 is 67.4 Å². The highest BCUT2D eigenvalue weighted by Gasteiger charge is 2.47. The number of rotatable bonds is 56. The summed E-state index contributed by atoms with van der Waals surface area (Å²) in [5.41, 5.74) is 0. The van der Waals surface area contributed by atoms with Crippen molar-refractivity contribution in [2.45, 2.75) is 346 Å². The maximum atomic E-state index is 13.4. The Morgan fingerprint density at radius 2 is 0.873 bits per heavy atom. The quantitative estimate of drug-likeness (QED) is 0.0195. The van der Waals surface area contributed by atoms with Gasteiger partial charge in [-0.05, 0) is 89.9 Å². The third-order valence-electron chi connectivity index (χ3n) is 15.4. The lowest BCUT2D eigenvalue weighted by atomic mass is 9.99. The van der Waals surface area contributed by atoms with Gasteiger partial charge in [0.15, 0.2) is 12.4 Å². The zero-order chi connectivity index (χ0) is 57.5. The molecule has 1 rings (SSSR count). The second-order valence-electron chi connectivity index (χ2n) is 22.8. The van der Waals surface area contributed by atoms with Crippen LogP contribution < -0.4 is 5.32 Å². The van der Waals surface area contributed by atoms with Gasteiger partial charge >= 0.3 is 5.97 Å². The van der Waals surface area contributed by atoms with Crippen LogP contribution >= 0.6 is 0 Å². The molecular weight excluding hydrogens is 991 g/mol. The zero-order valence-electron chi connectivity index (χ0n) is 51.0. The Morgan fingerprint density at radius 3 is 1.35 bits per heavy atom. The predicted molar refractivity (Wildman–Crippen MR) is 329 cm³/mol. The lowest BCUT2D eigenvalue weighted by molar-refractivity contribution is -0.305. The van der Waals surface area contributed by atoms with Crippen LogP contribution in [0.15, 0.2) is 60.8 Å². The molecular formula is C68H123NO10. The largest absolute Gasteiger partial charge is 0.454 e. The summed E-state index contributed by atoms with van der Waals surface area (Å²) in [6.07, 6.45) is 59.6. The molecule has 1 aliphatic heterocycles. The van der Waals surface area contributed by atoms with Gasteiger partial charge in [-0.2, -0.15) is 0 Å². The van der Waals surface area contributed by atoms with Crippen LogP contribution in [0.4, 0.5) is 0 Å². The number of ether oxygens (including phenoxy) is 3. The van der Waals surface area contributed by atoms with Gasteiger partial charge in [-0.1, -0.05) is 261 Å². The summed E-state index contributed by atoms with van der Waals surface area (Å²) in [6, 6.07) is -1.03. The number of nitrogens with one attached hydrogen (secondary N) is 1. The number of carbonyl (C=O) groups excluding carboxylic acids is 2. The average molecular weight is 1110 g/mol. The SMILES string of the molecule is CCCCC/C=C\C/C=C\C/C=C\CCCCCCCCCCCCC(=O)OC1C(OCC(NC(=O)C(O)CCCCCCCC/C=C\CCCCCC)C(O)/C=C/CCCCCCCCCCCCC)OC(CO)C(O)C1O. The van der Waals surface area contributed by atoms with Gasteiger partial charge in [0.1, 0.15) is 24.4 Å². The maximum absolute atomic E-state index is 13.4. The molecule has 79 heavy (non-hydrogen) atoms. The summed E-state index contributed by atoms with van der Waals surface area (Å²) in [7, 11) is 0. The predicted octanol–water partition coefficient (Wildman–Crippen LogP) is 16.2. The van der Waals surface area contributed by atoms with Gasteiger partial charge in [-0.15, -0.1) is 0 Å². The molecule has 460 valence electrons. The smallest absolute Gasteiger partial charge is 0.306 e. The Morgan fingerprint density at radius 1 is 0.494 bits per heavy atom. The van der Waals surface area contributed by atoms with E-state index in [1.165, 1.54) is 161 Å². The monoisotopic (exact) mass is 1110 g/mol. The van der Waals surface area contributed by atoms with Crippen LogP contribution in [0.1, 0.15) is 297 Å². The fourth-order valence-corrected chi connectivity index (χ4v) is 10.1. The molecule has 8 unspecified atom stereocenters. The highest BCUT2D eigenvalue weighted by atomic mass is 16.7. The first-order valence-electron chi connectivity index (χ1n) is 33.1. The van der Waals surface area contributed by atoms with E-state index in [0.717, 1.165) is 89.9 Å². The Hall–Kier alpha value is -2.64. The fourth-order valence-electron chi connectivity index (χ4n) is 10.1. The first-order valence-corrected chi connectivity index (χ1v) is 33.1. The molecule has 1 amide bonds. The van der Waals surface area contributed by atoms with E-state index in [0.29, 0.717) is 12.8 Å². The second kappa shape index (κ2) is 55.9. The molecule has 0 aromatic carbocycles. The Labute approximate surface area is 484 Å². The Bertz CT molecular complexity index is 1510. The van der Waals surface area contributed by atoms with E-state index >= 15 is 0 Å². The molecule has 0 aromatic heterocycles. The van der Waals surface area contributed by atoms with E-state index in [-0.39, 0.29) is 19.4 Å². The minimum atomic E-state index is -1.62. The van der Waals surface area contributed by atoms with Crippen LogP contribution in [-0.4, -0.2) is 99.6 Å². The highest BCUT2D eigenvalue weighted by molar-refractivity contribution is 5.80. The first kappa shape index (κ1) is 74.4. The number of hydrogen-bond donors (Lipinski definition) is 6. The summed E-state index contributed by atoms with van der Waals surface area (Å²) in [4.78, 5) is 26.6. The molecule has 1 fully saturated rings. The van der Waals surface area contributed by atoms with Gasteiger partial charge < -0.3 is 45.1 Å². The average Bonchev–Trinajstić information content (AvgIpc) is 3.50. The van der Waals surface area contributed by atoms with Crippen molar-refractivity contribution in [2.24, 2.45) is 0 Å². The van der Waals surface area contributed by atoms with E-state index in [9.17, 15) is 35.1 Å². The van der Waals surface area contributed by atoms with Gasteiger partial charge in [-0.3, -0.25) is 9.59 Å². The maximum Gasteiger partial charge on any atom is 0.306 e.